The number of aromatic amines is 2. The lowest BCUT2D eigenvalue weighted by Gasteiger charge is -2.11. The molecule has 3 heterocycles. The molecule has 0 saturated carbocycles. The molecule has 2 N–H and O–H groups in total. The zero-order valence-electron chi connectivity index (χ0n) is 15.5. The number of rotatable bonds is 7. The van der Waals surface area contributed by atoms with Crippen molar-refractivity contribution in [3.63, 3.8) is 0 Å². The van der Waals surface area contributed by atoms with E-state index in [9.17, 15) is 8.42 Å². The van der Waals surface area contributed by atoms with Gasteiger partial charge in [-0.25, -0.2) is 12.7 Å². The molecule has 10 nitrogen and oxygen atoms in total. The van der Waals surface area contributed by atoms with Gasteiger partial charge in [-0.15, -0.1) is 20.4 Å². The molecule has 0 radical (unpaired) electrons. The second-order valence-electron chi connectivity index (χ2n) is 6.18. The zero-order valence-corrected chi connectivity index (χ0v) is 17.2. The molecule has 12 heteroatoms. The molecule has 0 aliphatic carbocycles. The highest BCUT2D eigenvalue weighted by Gasteiger charge is 2.19. The summed E-state index contributed by atoms with van der Waals surface area (Å²) in [7, 11) is -0.536. The third-order valence-electron chi connectivity index (χ3n) is 4.02. The standard InChI is InChI=1S/C17H17N7O3S2/c1-24(2)29(25,26)12-5-3-4-11(8-12)13-6-7-14(27-13)16-20-17(23-22-16)28-9-15-18-10-19-21-15/h3-8,10H,9H2,1-2H3,(H,18,19,21)(H,20,22,23). The molecular formula is C17H17N7O3S2. The quantitative estimate of drug-likeness (QED) is 0.426. The third kappa shape index (κ3) is 4.09. The number of nitrogens with one attached hydrogen (secondary N) is 2. The lowest BCUT2D eigenvalue weighted by atomic mass is 10.2. The van der Waals surface area contributed by atoms with Crippen LogP contribution in [0, 0.1) is 0 Å². The van der Waals surface area contributed by atoms with Crippen molar-refractivity contribution in [3.05, 3.63) is 48.5 Å². The number of thioether (sulfide) groups is 1. The van der Waals surface area contributed by atoms with Crippen molar-refractivity contribution in [2.45, 2.75) is 15.8 Å². The molecule has 0 unspecified atom stereocenters. The van der Waals surface area contributed by atoms with Crippen LogP contribution in [-0.4, -0.2) is 57.2 Å². The van der Waals surface area contributed by atoms with Gasteiger partial charge in [0.1, 0.15) is 17.9 Å². The van der Waals surface area contributed by atoms with Crippen molar-refractivity contribution in [1.29, 1.82) is 0 Å². The number of nitrogens with zero attached hydrogens (tertiary/aromatic N) is 5. The lowest BCUT2D eigenvalue weighted by Crippen LogP contribution is -2.22. The number of hydrogen-bond acceptors (Lipinski definition) is 8. The Balaban J connectivity index is 1.53. The Kier molecular flexibility index (Phi) is 5.22. The average molecular weight is 432 g/mol. The highest BCUT2D eigenvalue weighted by Crippen LogP contribution is 2.29. The Hall–Kier alpha value is -2.96. The molecule has 0 saturated heterocycles. The molecule has 0 atom stereocenters. The molecule has 0 aliphatic rings. The molecule has 1 aromatic carbocycles. The summed E-state index contributed by atoms with van der Waals surface area (Å²) in [5.74, 6) is 2.82. The van der Waals surface area contributed by atoms with E-state index in [1.54, 1.807) is 36.4 Å². The smallest absolute Gasteiger partial charge is 0.242 e. The molecule has 29 heavy (non-hydrogen) atoms. The first kappa shape index (κ1) is 19.4. The summed E-state index contributed by atoms with van der Waals surface area (Å²) in [6, 6.07) is 10.1. The van der Waals surface area contributed by atoms with E-state index in [0.717, 1.165) is 5.82 Å². The van der Waals surface area contributed by atoms with E-state index >= 15 is 0 Å². The predicted molar refractivity (Wildman–Crippen MR) is 106 cm³/mol. The SMILES string of the molecule is CN(C)S(=O)(=O)c1cccc(-c2ccc(-c3nnc(SCc4nnc[nH]4)[nH]3)o2)c1. The molecule has 0 bridgehead atoms. The summed E-state index contributed by atoms with van der Waals surface area (Å²) in [4.78, 5) is 6.21. The number of H-pyrrole nitrogens is 2. The van der Waals surface area contributed by atoms with Gasteiger partial charge in [0.05, 0.1) is 10.6 Å². The van der Waals surface area contributed by atoms with Crippen LogP contribution in [0.4, 0.5) is 0 Å². The van der Waals surface area contributed by atoms with E-state index in [4.69, 9.17) is 4.42 Å². The molecule has 0 spiro atoms. The summed E-state index contributed by atoms with van der Waals surface area (Å²) in [6.07, 6.45) is 1.52. The van der Waals surface area contributed by atoms with Crippen LogP contribution in [0.1, 0.15) is 5.82 Å². The molecule has 0 fully saturated rings. The first-order valence-corrected chi connectivity index (χ1v) is 10.9. The number of hydrogen-bond donors (Lipinski definition) is 2. The van der Waals surface area contributed by atoms with Gasteiger partial charge in [-0.3, -0.25) is 0 Å². The van der Waals surface area contributed by atoms with Gasteiger partial charge in [-0.05, 0) is 24.3 Å². The second kappa shape index (κ2) is 7.81. The van der Waals surface area contributed by atoms with Crippen molar-refractivity contribution in [1.82, 2.24) is 34.7 Å². The van der Waals surface area contributed by atoms with Crippen LogP contribution in [0.3, 0.4) is 0 Å². The van der Waals surface area contributed by atoms with Crippen molar-refractivity contribution in [3.8, 4) is 22.9 Å². The second-order valence-corrected chi connectivity index (χ2v) is 9.30. The molecule has 0 amide bonds. The number of aromatic nitrogens is 6. The fraction of sp³-hybridized carbons (Fsp3) is 0.176. The fourth-order valence-electron chi connectivity index (χ4n) is 2.50. The molecular weight excluding hydrogens is 414 g/mol. The number of benzene rings is 1. The van der Waals surface area contributed by atoms with Crippen molar-refractivity contribution in [2.24, 2.45) is 0 Å². The van der Waals surface area contributed by atoms with Crippen LogP contribution in [0.15, 0.2) is 57.2 Å². The van der Waals surface area contributed by atoms with Crippen molar-refractivity contribution >= 4 is 21.8 Å². The molecule has 3 aromatic heterocycles. The molecule has 0 aliphatic heterocycles. The molecule has 150 valence electrons. The van der Waals surface area contributed by atoms with Crippen LogP contribution >= 0.6 is 11.8 Å². The van der Waals surface area contributed by atoms with Gasteiger partial charge in [0.25, 0.3) is 0 Å². The Bertz CT molecular complexity index is 1210. The highest BCUT2D eigenvalue weighted by molar-refractivity contribution is 7.98. The molecule has 4 aromatic rings. The fourth-order valence-corrected chi connectivity index (χ4v) is 4.13. The van der Waals surface area contributed by atoms with E-state index in [-0.39, 0.29) is 4.90 Å². The molecule has 4 rings (SSSR count). The largest absolute Gasteiger partial charge is 0.453 e. The van der Waals surface area contributed by atoms with Crippen LogP contribution in [0.2, 0.25) is 0 Å². The monoisotopic (exact) mass is 431 g/mol. The third-order valence-corrected chi connectivity index (χ3v) is 6.70. The first-order chi connectivity index (χ1) is 13.9. The minimum absolute atomic E-state index is 0.198. The van der Waals surface area contributed by atoms with Crippen LogP contribution < -0.4 is 0 Å². The van der Waals surface area contributed by atoms with E-state index in [1.807, 2.05) is 0 Å². The van der Waals surface area contributed by atoms with Gasteiger partial charge in [0, 0.05) is 19.7 Å². The summed E-state index contributed by atoms with van der Waals surface area (Å²) in [6.45, 7) is 0. The van der Waals surface area contributed by atoms with Crippen molar-refractivity contribution < 1.29 is 12.8 Å². The van der Waals surface area contributed by atoms with Gasteiger partial charge in [0.2, 0.25) is 10.0 Å². The zero-order chi connectivity index (χ0) is 20.4. The van der Waals surface area contributed by atoms with Gasteiger partial charge in [-0.1, -0.05) is 23.9 Å². The van der Waals surface area contributed by atoms with Gasteiger partial charge < -0.3 is 14.4 Å². The Morgan fingerprint density at radius 2 is 1.93 bits per heavy atom. The van der Waals surface area contributed by atoms with Gasteiger partial charge >= 0.3 is 0 Å². The van der Waals surface area contributed by atoms with Crippen LogP contribution in [0.25, 0.3) is 22.9 Å². The van der Waals surface area contributed by atoms with Gasteiger partial charge in [0.15, 0.2) is 16.7 Å². The van der Waals surface area contributed by atoms with E-state index in [0.29, 0.717) is 33.8 Å². The maximum Gasteiger partial charge on any atom is 0.242 e. The normalized spacial score (nSPS) is 12.0. The van der Waals surface area contributed by atoms with E-state index < -0.39 is 10.0 Å². The van der Waals surface area contributed by atoms with Crippen LogP contribution in [-0.2, 0) is 15.8 Å². The van der Waals surface area contributed by atoms with E-state index in [2.05, 4.69) is 30.4 Å². The predicted octanol–water partition coefficient (Wildman–Crippen LogP) is 2.39. The van der Waals surface area contributed by atoms with Crippen molar-refractivity contribution in [2.75, 3.05) is 14.1 Å². The maximum absolute atomic E-state index is 12.4. The van der Waals surface area contributed by atoms with Crippen LogP contribution in [0.5, 0.6) is 0 Å². The maximum atomic E-state index is 12.4. The summed E-state index contributed by atoms with van der Waals surface area (Å²) in [5, 5.41) is 16.5. The van der Waals surface area contributed by atoms with Gasteiger partial charge in [-0.2, -0.15) is 0 Å². The minimum atomic E-state index is -3.53. The Morgan fingerprint density at radius 1 is 1.10 bits per heavy atom. The number of furan rings is 1. The highest BCUT2D eigenvalue weighted by atomic mass is 32.2. The summed E-state index contributed by atoms with van der Waals surface area (Å²) < 4.78 is 31.7. The first-order valence-electron chi connectivity index (χ1n) is 8.47. The Morgan fingerprint density at radius 3 is 2.69 bits per heavy atom. The van der Waals surface area contributed by atoms with E-state index in [1.165, 1.54) is 36.5 Å². The lowest BCUT2D eigenvalue weighted by molar-refractivity contribution is 0.520. The number of sulfonamides is 1. The summed E-state index contributed by atoms with van der Waals surface area (Å²) >= 11 is 1.43. The summed E-state index contributed by atoms with van der Waals surface area (Å²) in [5.41, 5.74) is 0.651. The average Bonchev–Trinajstić information content (AvgIpc) is 3.47. The minimum Gasteiger partial charge on any atom is -0.453 e. The Labute approximate surface area is 170 Å². The topological polar surface area (TPSA) is 134 Å².